The molecule has 0 fully saturated rings. The van der Waals surface area contributed by atoms with Gasteiger partial charge in [-0.3, -0.25) is 9.20 Å². The van der Waals surface area contributed by atoms with Crippen molar-refractivity contribution in [2.45, 2.75) is 31.9 Å². The highest BCUT2D eigenvalue weighted by molar-refractivity contribution is 8.01. The Hall–Kier alpha value is -1.33. The van der Waals surface area contributed by atoms with Crippen LogP contribution in [0.25, 0.3) is 16.7 Å². The lowest BCUT2D eigenvalue weighted by atomic mass is 10.2. The van der Waals surface area contributed by atoms with Crippen molar-refractivity contribution in [3.8, 4) is 0 Å². The van der Waals surface area contributed by atoms with E-state index in [0.29, 0.717) is 0 Å². The Morgan fingerprint density at radius 2 is 2.20 bits per heavy atom. The Morgan fingerprint density at radius 1 is 1.45 bits per heavy atom. The fraction of sp³-hybridized carbons (Fsp3) is 0.333. The summed E-state index contributed by atoms with van der Waals surface area (Å²) in [5.41, 5.74) is 5.25. The SMILES string of the molecule is CCSc1sc(C(C)=O)c2nc3c(C)cc(C)cn3c12. The summed E-state index contributed by atoms with van der Waals surface area (Å²) in [7, 11) is 0. The molecule has 3 nitrogen and oxygen atoms in total. The monoisotopic (exact) mass is 304 g/mol. The van der Waals surface area contributed by atoms with E-state index in [1.165, 1.54) is 9.77 Å². The van der Waals surface area contributed by atoms with Gasteiger partial charge in [-0.1, -0.05) is 13.0 Å². The molecule has 0 aliphatic rings. The molecule has 3 aromatic heterocycles. The van der Waals surface area contributed by atoms with E-state index in [2.05, 4.69) is 37.4 Å². The molecule has 0 N–H and O–H groups in total. The first-order valence-corrected chi connectivity index (χ1v) is 8.38. The highest BCUT2D eigenvalue weighted by Gasteiger charge is 2.20. The van der Waals surface area contributed by atoms with Crippen molar-refractivity contribution in [1.29, 1.82) is 0 Å². The number of thioether (sulfide) groups is 1. The highest BCUT2D eigenvalue weighted by Crippen LogP contribution is 2.39. The number of ketones is 1. The van der Waals surface area contributed by atoms with Crippen molar-refractivity contribution in [3.63, 3.8) is 0 Å². The molecule has 3 rings (SSSR count). The third kappa shape index (κ3) is 1.96. The minimum absolute atomic E-state index is 0.0979. The summed E-state index contributed by atoms with van der Waals surface area (Å²) in [6, 6.07) is 2.13. The van der Waals surface area contributed by atoms with Crippen LogP contribution in [0.4, 0.5) is 0 Å². The molecule has 3 heterocycles. The maximum atomic E-state index is 11.9. The van der Waals surface area contributed by atoms with Gasteiger partial charge in [0.1, 0.15) is 11.2 Å². The van der Waals surface area contributed by atoms with Gasteiger partial charge in [0, 0.05) is 13.1 Å². The zero-order chi connectivity index (χ0) is 14.4. The van der Waals surface area contributed by atoms with Gasteiger partial charge in [0.15, 0.2) is 5.78 Å². The predicted molar refractivity (Wildman–Crippen MR) is 86.5 cm³/mol. The van der Waals surface area contributed by atoms with Crippen LogP contribution in [0.15, 0.2) is 16.5 Å². The van der Waals surface area contributed by atoms with E-state index < -0.39 is 0 Å². The molecule has 5 heteroatoms. The number of aryl methyl sites for hydroxylation is 2. The van der Waals surface area contributed by atoms with Crippen molar-refractivity contribution in [1.82, 2.24) is 9.38 Å². The van der Waals surface area contributed by atoms with Crippen molar-refractivity contribution >= 4 is 45.6 Å². The molecule has 0 spiro atoms. The summed E-state index contributed by atoms with van der Waals surface area (Å²) in [5.74, 6) is 1.09. The van der Waals surface area contributed by atoms with Crippen molar-refractivity contribution < 1.29 is 4.79 Å². The maximum absolute atomic E-state index is 11.9. The van der Waals surface area contributed by atoms with Gasteiger partial charge in [0.05, 0.1) is 14.6 Å². The van der Waals surface area contributed by atoms with Crippen molar-refractivity contribution in [2.24, 2.45) is 0 Å². The van der Waals surface area contributed by atoms with E-state index in [0.717, 1.165) is 32.9 Å². The molecule has 0 aromatic carbocycles. The van der Waals surface area contributed by atoms with E-state index in [1.54, 1.807) is 30.0 Å². The molecule has 0 saturated carbocycles. The van der Waals surface area contributed by atoms with Gasteiger partial charge in [-0.25, -0.2) is 4.98 Å². The minimum Gasteiger partial charge on any atom is -0.297 e. The molecule has 0 atom stereocenters. The normalized spacial score (nSPS) is 11.6. The number of Topliss-reactive ketones (excluding diaryl/α,β-unsaturated/α-hetero) is 1. The summed E-state index contributed by atoms with van der Waals surface area (Å²) >= 11 is 3.35. The first-order chi connectivity index (χ1) is 9.52. The number of pyridine rings is 1. The number of nitrogens with zero attached hydrogens (tertiary/aromatic N) is 2. The smallest absolute Gasteiger partial charge is 0.172 e. The zero-order valence-corrected chi connectivity index (χ0v) is 13.6. The number of rotatable bonds is 3. The number of aromatic nitrogens is 2. The summed E-state index contributed by atoms with van der Waals surface area (Å²) in [6.07, 6.45) is 2.11. The molecule has 104 valence electrons. The Morgan fingerprint density at radius 3 is 2.85 bits per heavy atom. The quantitative estimate of drug-likeness (QED) is 0.528. The lowest BCUT2D eigenvalue weighted by Crippen LogP contribution is -1.90. The minimum atomic E-state index is 0.0979. The van der Waals surface area contributed by atoms with Crippen LogP contribution in [0.2, 0.25) is 0 Å². The molecule has 20 heavy (non-hydrogen) atoms. The number of imidazole rings is 1. The molecule has 0 unspecified atom stereocenters. The van der Waals surface area contributed by atoms with Gasteiger partial charge in [-0.15, -0.1) is 23.1 Å². The Labute approximate surface area is 126 Å². The van der Waals surface area contributed by atoms with Crippen LogP contribution >= 0.6 is 23.1 Å². The van der Waals surface area contributed by atoms with Crippen LogP contribution in [0, 0.1) is 13.8 Å². The van der Waals surface area contributed by atoms with Gasteiger partial charge < -0.3 is 0 Å². The number of fused-ring (bicyclic) bond motifs is 3. The van der Waals surface area contributed by atoms with Crippen LogP contribution < -0.4 is 0 Å². The highest BCUT2D eigenvalue weighted by atomic mass is 32.2. The second-order valence-electron chi connectivity index (χ2n) is 4.91. The summed E-state index contributed by atoms with van der Waals surface area (Å²) in [5, 5.41) is 0. The van der Waals surface area contributed by atoms with Gasteiger partial charge in [0.2, 0.25) is 0 Å². The zero-order valence-electron chi connectivity index (χ0n) is 12.0. The molecule has 0 aliphatic carbocycles. The van der Waals surface area contributed by atoms with Crippen LogP contribution in [0.3, 0.4) is 0 Å². The van der Waals surface area contributed by atoms with Gasteiger partial charge in [-0.05, 0) is 30.7 Å². The Kier molecular flexibility index (Phi) is 3.34. The Bertz CT molecular complexity index is 829. The van der Waals surface area contributed by atoms with Crippen molar-refractivity contribution in [2.75, 3.05) is 5.75 Å². The standard InChI is InChI=1S/C15H16N2OS2/c1-5-19-15-12-11(13(20-15)10(4)18)16-14-9(3)6-8(2)7-17(12)14/h6-7H,5H2,1-4H3. The lowest BCUT2D eigenvalue weighted by Gasteiger charge is -2.02. The molecule has 0 aliphatic heterocycles. The maximum Gasteiger partial charge on any atom is 0.172 e. The van der Waals surface area contributed by atoms with Crippen LogP contribution in [0.5, 0.6) is 0 Å². The van der Waals surface area contributed by atoms with E-state index in [9.17, 15) is 4.79 Å². The number of carbonyl (C=O) groups excluding carboxylic acids is 1. The third-order valence-corrected chi connectivity index (χ3v) is 5.65. The molecule has 0 saturated heterocycles. The first-order valence-electron chi connectivity index (χ1n) is 6.58. The molecule has 3 aromatic rings. The second-order valence-corrected chi connectivity index (χ2v) is 7.46. The first kappa shape index (κ1) is 13.6. The Balaban J connectivity index is 2.47. The van der Waals surface area contributed by atoms with Crippen molar-refractivity contribution in [3.05, 3.63) is 28.3 Å². The van der Waals surface area contributed by atoms with Gasteiger partial charge in [0.25, 0.3) is 0 Å². The van der Waals surface area contributed by atoms with E-state index in [4.69, 9.17) is 4.98 Å². The number of hydrogen-bond acceptors (Lipinski definition) is 4. The van der Waals surface area contributed by atoms with Gasteiger partial charge in [-0.2, -0.15) is 0 Å². The number of thiophene rings is 1. The molecule has 0 bridgehead atoms. The van der Waals surface area contributed by atoms with E-state index >= 15 is 0 Å². The summed E-state index contributed by atoms with van der Waals surface area (Å²) in [4.78, 5) is 17.4. The average molecular weight is 304 g/mol. The fourth-order valence-electron chi connectivity index (χ4n) is 2.49. The molecular weight excluding hydrogens is 288 g/mol. The lowest BCUT2D eigenvalue weighted by molar-refractivity contribution is 0.102. The third-order valence-electron chi connectivity index (χ3n) is 3.24. The number of carbonyl (C=O) groups is 1. The predicted octanol–water partition coefficient (Wildman–Crippen LogP) is 4.48. The molecule has 0 radical (unpaired) electrons. The fourth-order valence-corrected chi connectivity index (χ4v) is 4.79. The summed E-state index contributed by atoms with van der Waals surface area (Å²) < 4.78 is 3.33. The van der Waals surface area contributed by atoms with Crippen LogP contribution in [0.1, 0.15) is 34.6 Å². The second kappa shape index (κ2) is 4.90. The van der Waals surface area contributed by atoms with Gasteiger partial charge >= 0.3 is 0 Å². The molecular formula is C15H16N2OS2. The van der Waals surface area contributed by atoms with Crippen LogP contribution in [-0.2, 0) is 0 Å². The average Bonchev–Trinajstić information content (AvgIpc) is 2.88. The summed E-state index contributed by atoms with van der Waals surface area (Å²) in [6.45, 7) is 7.90. The molecule has 0 amide bonds. The van der Waals surface area contributed by atoms with E-state index in [1.807, 2.05) is 0 Å². The van der Waals surface area contributed by atoms with Crippen LogP contribution in [-0.4, -0.2) is 20.9 Å². The largest absolute Gasteiger partial charge is 0.297 e. The topological polar surface area (TPSA) is 34.4 Å². The van der Waals surface area contributed by atoms with E-state index in [-0.39, 0.29) is 5.78 Å². The number of hydrogen-bond donors (Lipinski definition) is 0.